The fraction of sp³-hybridized carbons (Fsp3) is 0. The van der Waals surface area contributed by atoms with E-state index < -0.39 is 0 Å². The normalized spacial score (nSPS) is 12.3. The van der Waals surface area contributed by atoms with Crippen molar-refractivity contribution in [1.82, 2.24) is 23.7 Å². The Morgan fingerprint density at radius 2 is 0.595 bits per heavy atom. The molecule has 84 heavy (non-hydrogen) atoms. The molecule has 12 aromatic carbocycles. The van der Waals surface area contributed by atoms with E-state index in [0.717, 1.165) is 45.1 Å². The van der Waals surface area contributed by atoms with E-state index in [9.17, 15) is 0 Å². The van der Waals surface area contributed by atoms with Crippen molar-refractivity contribution < 1.29 is 0 Å². The maximum Gasteiger partial charge on any atom is 0.160 e. The maximum atomic E-state index is 5.53. The zero-order chi connectivity index (χ0) is 54.7. The summed E-state index contributed by atoms with van der Waals surface area (Å²) in [6.45, 7) is 0. The summed E-state index contributed by atoms with van der Waals surface area (Å²) >= 11 is 5.63. The van der Waals surface area contributed by atoms with Gasteiger partial charge in [-0.1, -0.05) is 170 Å². The predicted molar refractivity (Wildman–Crippen MR) is 360 cm³/mol. The minimum atomic E-state index is 0.663. The van der Waals surface area contributed by atoms with Crippen LogP contribution in [-0.4, -0.2) is 23.7 Å². The van der Waals surface area contributed by atoms with Crippen molar-refractivity contribution in [3.63, 3.8) is 0 Å². The van der Waals surface area contributed by atoms with Crippen LogP contribution in [0, 0.1) is 0 Å². The summed E-state index contributed by atoms with van der Waals surface area (Å²) in [5.41, 5.74) is 15.2. The van der Waals surface area contributed by atoms with E-state index in [2.05, 4.69) is 275 Å². The van der Waals surface area contributed by atoms with Gasteiger partial charge in [0.2, 0.25) is 0 Å². The third kappa shape index (κ3) is 6.64. The zero-order valence-electron chi connectivity index (χ0n) is 44.8. The van der Waals surface area contributed by atoms with E-state index in [1.807, 2.05) is 34.0 Å². The van der Waals surface area contributed by atoms with Gasteiger partial charge in [-0.25, -0.2) is 9.97 Å². The third-order valence-corrected chi connectivity index (χ3v) is 21.0. The molecule has 0 radical (unpaired) electrons. The van der Waals surface area contributed by atoms with E-state index in [1.165, 1.54) is 126 Å². The Kier molecular flexibility index (Phi) is 9.75. The molecule has 390 valence electrons. The molecule has 8 heteroatoms. The quantitative estimate of drug-likeness (QED) is 0.166. The lowest BCUT2D eigenvalue weighted by atomic mass is 10.1. The van der Waals surface area contributed by atoms with E-state index in [1.54, 1.807) is 0 Å². The van der Waals surface area contributed by atoms with Gasteiger partial charge in [0.1, 0.15) is 0 Å². The van der Waals surface area contributed by atoms with E-state index in [4.69, 9.17) is 9.97 Å². The maximum absolute atomic E-state index is 5.53. The highest BCUT2D eigenvalue weighted by molar-refractivity contribution is 7.27. The minimum absolute atomic E-state index is 0.663. The Balaban J connectivity index is 0.793. The smallest absolute Gasteiger partial charge is 0.160 e. The molecule has 0 unspecified atom stereocenters. The molecule has 0 saturated heterocycles. The van der Waals surface area contributed by atoms with Crippen LogP contribution >= 0.6 is 34.0 Å². The summed E-state index contributed by atoms with van der Waals surface area (Å²) in [4.78, 5) is 11.0. The summed E-state index contributed by atoms with van der Waals surface area (Å²) in [5, 5.41) is 15.2. The number of benzene rings is 12. The molecule has 0 saturated carbocycles. The van der Waals surface area contributed by atoms with Gasteiger partial charge in [-0.15, -0.1) is 34.0 Å². The lowest BCUT2D eigenvalue weighted by Crippen LogP contribution is -1.99. The predicted octanol–water partition coefficient (Wildman–Crippen LogP) is 21.9. The molecule has 0 N–H and O–H groups in total. The molecule has 0 fully saturated rings. The van der Waals surface area contributed by atoms with Crippen LogP contribution in [0.25, 0.3) is 177 Å². The first-order valence-electron chi connectivity index (χ1n) is 28.4. The Morgan fingerprint density at radius 1 is 0.238 bits per heavy atom. The summed E-state index contributed by atoms with van der Waals surface area (Å²) < 4.78 is 15.1. The molecule has 0 atom stereocenters. The monoisotopic (exact) mass is 1120 g/mol. The third-order valence-electron chi connectivity index (χ3n) is 17.5. The Morgan fingerprint density at radius 3 is 1.04 bits per heavy atom. The topological polar surface area (TPSA) is 40.6 Å². The van der Waals surface area contributed by atoms with Crippen LogP contribution in [0.5, 0.6) is 0 Å². The van der Waals surface area contributed by atoms with Crippen LogP contribution in [0.2, 0.25) is 0 Å². The number of rotatable bonds is 6. The van der Waals surface area contributed by atoms with Gasteiger partial charge in [-0.2, -0.15) is 0 Å². The van der Waals surface area contributed by atoms with Crippen LogP contribution in [-0.2, 0) is 0 Å². The molecule has 0 aliphatic heterocycles. The van der Waals surface area contributed by atoms with Crippen molar-refractivity contribution in [2.24, 2.45) is 0 Å². The van der Waals surface area contributed by atoms with Gasteiger partial charge in [0, 0.05) is 112 Å². The lowest BCUT2D eigenvalue weighted by Gasteiger charge is -2.14. The lowest BCUT2D eigenvalue weighted by molar-refractivity contribution is 1.16. The molecule has 0 aliphatic carbocycles. The highest BCUT2D eigenvalue weighted by Crippen LogP contribution is 2.47. The number of hydrogen-bond acceptors (Lipinski definition) is 5. The first-order chi connectivity index (χ1) is 41.6. The molecular formula is C76H43N5S3. The van der Waals surface area contributed by atoms with Gasteiger partial charge in [0.05, 0.1) is 58.6 Å². The van der Waals surface area contributed by atoms with Crippen LogP contribution in [0.1, 0.15) is 0 Å². The van der Waals surface area contributed by atoms with Gasteiger partial charge in [0.25, 0.3) is 0 Å². The van der Waals surface area contributed by atoms with Crippen LogP contribution in [0.4, 0.5) is 0 Å². The van der Waals surface area contributed by atoms with E-state index in [-0.39, 0.29) is 0 Å². The number of nitrogens with zero attached hydrogens (tertiary/aromatic N) is 5. The Bertz CT molecular complexity index is 5740. The number of para-hydroxylation sites is 3. The number of fused-ring (bicyclic) bond motifs is 21. The first-order valence-corrected chi connectivity index (χ1v) is 30.8. The van der Waals surface area contributed by atoms with Crippen molar-refractivity contribution in [3.8, 4) is 51.0 Å². The molecule has 19 rings (SSSR count). The summed E-state index contributed by atoms with van der Waals surface area (Å²) in [7, 11) is 0. The van der Waals surface area contributed by atoms with Gasteiger partial charge < -0.3 is 13.7 Å². The number of aromatic nitrogens is 5. The van der Waals surface area contributed by atoms with E-state index in [0.29, 0.717) is 5.82 Å². The fourth-order valence-electron chi connectivity index (χ4n) is 13.7. The van der Waals surface area contributed by atoms with Crippen molar-refractivity contribution in [3.05, 3.63) is 261 Å². The van der Waals surface area contributed by atoms with E-state index >= 15 is 0 Å². The van der Waals surface area contributed by atoms with Crippen LogP contribution in [0.3, 0.4) is 0 Å². The van der Waals surface area contributed by atoms with Crippen LogP contribution < -0.4 is 0 Å². The van der Waals surface area contributed by atoms with Gasteiger partial charge in [0.15, 0.2) is 5.82 Å². The second-order valence-electron chi connectivity index (χ2n) is 22.0. The molecule has 0 amide bonds. The SMILES string of the molecule is c1cc(-c2cc(-c3ccc(-n4c5ccccc5c5ccc6c7ccccc7sc6c54)cc3)nc(-c3ccc(-n4c5ccccc5c5ccc6c7ccccc7sc6c54)cc3)n2)cc(-n2c3ccccc3c3ccc4c5ccccc5sc4c32)c1. The van der Waals surface area contributed by atoms with Gasteiger partial charge in [-0.3, -0.25) is 0 Å². The molecular weight excluding hydrogens is 1080 g/mol. The van der Waals surface area contributed by atoms with Crippen molar-refractivity contribution in [2.75, 3.05) is 0 Å². The van der Waals surface area contributed by atoms with Crippen LogP contribution in [0.15, 0.2) is 261 Å². The van der Waals surface area contributed by atoms with Gasteiger partial charge in [-0.05, 0) is 91.0 Å². The molecule has 0 bridgehead atoms. The molecule has 5 nitrogen and oxygen atoms in total. The molecule has 7 aromatic heterocycles. The first kappa shape index (κ1) is 46.4. The largest absolute Gasteiger partial charge is 0.308 e. The molecule has 0 spiro atoms. The Labute approximate surface area is 492 Å². The summed E-state index contributed by atoms with van der Waals surface area (Å²) in [6.07, 6.45) is 0. The number of thiophene rings is 3. The second-order valence-corrected chi connectivity index (χ2v) is 25.1. The molecule has 0 aliphatic rings. The number of hydrogen-bond donors (Lipinski definition) is 0. The molecule has 19 aromatic rings. The van der Waals surface area contributed by atoms with Gasteiger partial charge >= 0.3 is 0 Å². The standard InChI is InChI=1S/C76H43N5S3/c1-7-22-64-50(16-1)56-36-39-59-53-19-4-10-25-67(53)82-73(59)70(56)79(64)47-32-28-44(29-33-47)62-43-63(46-14-13-15-49(42-46)81-66-24-9-3-18-52(66)58-38-41-61-55-21-6-12-27-69(55)84-75(61)72(58)81)78-76(77-62)45-30-34-48(35-31-45)80-65-23-8-2-17-51(65)57-37-40-60-54-20-5-11-26-68(54)83-74(60)71(57)80/h1-43H. The summed E-state index contributed by atoms with van der Waals surface area (Å²) in [5.74, 6) is 0.663. The summed E-state index contributed by atoms with van der Waals surface area (Å²) in [6, 6.07) is 95.7. The second kappa shape index (κ2) is 17.6. The minimum Gasteiger partial charge on any atom is -0.308 e. The molecule has 7 heterocycles. The highest BCUT2D eigenvalue weighted by Gasteiger charge is 2.23. The highest BCUT2D eigenvalue weighted by atomic mass is 32.1. The van der Waals surface area contributed by atoms with Crippen molar-refractivity contribution >= 4 is 160 Å². The average molecular weight is 1120 g/mol. The average Bonchev–Trinajstić information content (AvgIpc) is 2.43. The zero-order valence-corrected chi connectivity index (χ0v) is 47.2. The van der Waals surface area contributed by atoms with Crippen molar-refractivity contribution in [1.29, 1.82) is 0 Å². The van der Waals surface area contributed by atoms with Crippen molar-refractivity contribution in [2.45, 2.75) is 0 Å². The fourth-order valence-corrected chi connectivity index (χ4v) is 17.4. The Hall–Kier alpha value is -10.2.